The lowest BCUT2D eigenvalue weighted by molar-refractivity contribution is -0.159. The quantitative estimate of drug-likeness (QED) is 0.726. The van der Waals surface area contributed by atoms with Crippen molar-refractivity contribution in [2.24, 2.45) is 5.92 Å². The number of hydrogen-bond acceptors (Lipinski definition) is 1. The summed E-state index contributed by atoms with van der Waals surface area (Å²) < 4.78 is 37.6. The molecule has 1 nitrogen and oxygen atoms in total. The Bertz CT molecular complexity index is 164. The summed E-state index contributed by atoms with van der Waals surface area (Å²) in [6.45, 7) is 7.53. The number of rotatable bonds is 6. The van der Waals surface area contributed by atoms with Crippen LogP contribution in [0.4, 0.5) is 13.2 Å². The van der Waals surface area contributed by atoms with Gasteiger partial charge in [-0.25, -0.2) is 0 Å². The molecule has 0 radical (unpaired) electrons. The van der Waals surface area contributed by atoms with Gasteiger partial charge in [0, 0.05) is 6.04 Å². The van der Waals surface area contributed by atoms with Crippen LogP contribution in [0, 0.1) is 5.92 Å². The van der Waals surface area contributed by atoms with Gasteiger partial charge in [0.1, 0.15) is 6.04 Å². The zero-order valence-corrected chi connectivity index (χ0v) is 9.99. The summed E-state index contributed by atoms with van der Waals surface area (Å²) >= 11 is 0. The first kappa shape index (κ1) is 14.8. The van der Waals surface area contributed by atoms with E-state index in [0.29, 0.717) is 12.3 Å². The maximum absolute atomic E-state index is 12.5. The van der Waals surface area contributed by atoms with Crippen molar-refractivity contribution in [2.45, 2.75) is 65.2 Å². The average molecular weight is 225 g/mol. The third kappa shape index (κ3) is 7.65. The van der Waals surface area contributed by atoms with Crippen LogP contribution in [0.5, 0.6) is 0 Å². The predicted molar refractivity (Wildman–Crippen MR) is 56.8 cm³/mol. The van der Waals surface area contributed by atoms with E-state index < -0.39 is 12.2 Å². The van der Waals surface area contributed by atoms with Crippen LogP contribution in [0.3, 0.4) is 0 Å². The molecular weight excluding hydrogens is 203 g/mol. The molecule has 0 aliphatic heterocycles. The minimum atomic E-state index is -4.12. The first-order chi connectivity index (χ1) is 6.73. The molecule has 0 aliphatic carbocycles. The fourth-order valence-corrected chi connectivity index (χ4v) is 1.47. The Hall–Kier alpha value is -0.250. The lowest BCUT2D eigenvalue weighted by atomic mass is 10.0. The van der Waals surface area contributed by atoms with Crippen molar-refractivity contribution in [3.8, 4) is 0 Å². The van der Waals surface area contributed by atoms with Crippen LogP contribution in [0.2, 0.25) is 0 Å². The zero-order chi connectivity index (χ0) is 12.1. The highest BCUT2D eigenvalue weighted by molar-refractivity contribution is 4.76. The van der Waals surface area contributed by atoms with E-state index in [2.05, 4.69) is 5.32 Å². The van der Waals surface area contributed by atoms with Crippen molar-refractivity contribution < 1.29 is 13.2 Å². The maximum atomic E-state index is 12.5. The summed E-state index contributed by atoms with van der Waals surface area (Å²) in [4.78, 5) is 0. The molecule has 1 atom stereocenters. The predicted octanol–water partition coefficient (Wildman–Crippen LogP) is 3.74. The molecule has 0 saturated carbocycles. The summed E-state index contributed by atoms with van der Waals surface area (Å²) in [5.74, 6) is 0.470. The molecule has 1 unspecified atom stereocenters. The Balaban J connectivity index is 4.03. The van der Waals surface area contributed by atoms with Crippen molar-refractivity contribution in [3.05, 3.63) is 0 Å². The van der Waals surface area contributed by atoms with E-state index in [4.69, 9.17) is 0 Å². The standard InChI is InChI=1S/C11H22F3N/c1-8(2)6-5-7-10(11(12,13)14)15-9(3)4/h8-10,15H,5-7H2,1-4H3. The smallest absolute Gasteiger partial charge is 0.304 e. The molecular formula is C11H22F3N. The lowest BCUT2D eigenvalue weighted by Gasteiger charge is -2.24. The lowest BCUT2D eigenvalue weighted by Crippen LogP contribution is -2.45. The van der Waals surface area contributed by atoms with E-state index in [1.807, 2.05) is 13.8 Å². The van der Waals surface area contributed by atoms with E-state index >= 15 is 0 Å². The molecule has 0 rings (SSSR count). The molecule has 0 bridgehead atoms. The first-order valence-electron chi connectivity index (χ1n) is 5.56. The van der Waals surface area contributed by atoms with E-state index in [0.717, 1.165) is 6.42 Å². The first-order valence-corrected chi connectivity index (χ1v) is 5.56. The molecule has 0 fully saturated rings. The molecule has 1 N–H and O–H groups in total. The van der Waals surface area contributed by atoms with Gasteiger partial charge in [-0.15, -0.1) is 0 Å². The zero-order valence-electron chi connectivity index (χ0n) is 9.99. The number of halogens is 3. The second-order valence-electron chi connectivity index (χ2n) is 4.74. The molecule has 0 aliphatic rings. The highest BCUT2D eigenvalue weighted by Crippen LogP contribution is 2.25. The fourth-order valence-electron chi connectivity index (χ4n) is 1.47. The third-order valence-electron chi connectivity index (χ3n) is 2.20. The molecule has 0 spiro atoms. The van der Waals surface area contributed by atoms with Crippen molar-refractivity contribution in [2.75, 3.05) is 0 Å². The van der Waals surface area contributed by atoms with Gasteiger partial charge in [-0.05, 0) is 12.3 Å². The monoisotopic (exact) mass is 225 g/mol. The molecule has 0 heterocycles. The average Bonchev–Trinajstić information content (AvgIpc) is 1.99. The van der Waals surface area contributed by atoms with Crippen LogP contribution >= 0.6 is 0 Å². The maximum Gasteiger partial charge on any atom is 0.403 e. The number of nitrogens with one attached hydrogen (secondary N) is 1. The van der Waals surface area contributed by atoms with Gasteiger partial charge < -0.3 is 5.32 Å². The van der Waals surface area contributed by atoms with Gasteiger partial charge in [-0.2, -0.15) is 13.2 Å². The van der Waals surface area contributed by atoms with Crippen molar-refractivity contribution >= 4 is 0 Å². The molecule has 0 aromatic carbocycles. The summed E-state index contributed by atoms with van der Waals surface area (Å²) in [5.41, 5.74) is 0. The fraction of sp³-hybridized carbons (Fsp3) is 1.00. The summed E-state index contributed by atoms with van der Waals surface area (Å²) in [5, 5.41) is 2.57. The number of alkyl halides is 3. The summed E-state index contributed by atoms with van der Waals surface area (Å²) in [6, 6.07) is -1.48. The number of hydrogen-bond donors (Lipinski definition) is 1. The molecule has 92 valence electrons. The van der Waals surface area contributed by atoms with Gasteiger partial charge >= 0.3 is 6.18 Å². The van der Waals surface area contributed by atoms with Gasteiger partial charge in [-0.3, -0.25) is 0 Å². The minimum Gasteiger partial charge on any atom is -0.304 e. The van der Waals surface area contributed by atoms with E-state index in [-0.39, 0.29) is 12.5 Å². The van der Waals surface area contributed by atoms with Crippen LogP contribution in [0.1, 0.15) is 47.0 Å². The van der Waals surface area contributed by atoms with E-state index in [1.54, 1.807) is 13.8 Å². The van der Waals surface area contributed by atoms with Gasteiger partial charge in [0.2, 0.25) is 0 Å². The van der Waals surface area contributed by atoms with Gasteiger partial charge in [0.25, 0.3) is 0 Å². The van der Waals surface area contributed by atoms with Crippen LogP contribution in [-0.4, -0.2) is 18.3 Å². The highest BCUT2D eigenvalue weighted by Gasteiger charge is 2.38. The Morgan fingerprint density at radius 1 is 1.00 bits per heavy atom. The second kappa shape index (κ2) is 6.36. The third-order valence-corrected chi connectivity index (χ3v) is 2.20. The van der Waals surface area contributed by atoms with Crippen LogP contribution < -0.4 is 5.32 Å². The van der Waals surface area contributed by atoms with Crippen molar-refractivity contribution in [3.63, 3.8) is 0 Å². The Labute approximate surface area is 90.4 Å². The molecule has 0 amide bonds. The largest absolute Gasteiger partial charge is 0.403 e. The minimum absolute atomic E-state index is 0.129. The molecule has 0 saturated heterocycles. The highest BCUT2D eigenvalue weighted by atomic mass is 19.4. The van der Waals surface area contributed by atoms with Crippen molar-refractivity contribution in [1.82, 2.24) is 5.32 Å². The van der Waals surface area contributed by atoms with E-state index in [9.17, 15) is 13.2 Å². The molecule has 4 heteroatoms. The Morgan fingerprint density at radius 3 is 1.87 bits per heavy atom. The second-order valence-corrected chi connectivity index (χ2v) is 4.74. The Kier molecular flexibility index (Phi) is 6.25. The van der Waals surface area contributed by atoms with Crippen molar-refractivity contribution in [1.29, 1.82) is 0 Å². The molecule has 0 aromatic heterocycles. The summed E-state index contributed by atoms with van der Waals surface area (Å²) in [6.07, 6.45) is -2.46. The van der Waals surface area contributed by atoms with Crippen LogP contribution in [0.15, 0.2) is 0 Å². The van der Waals surface area contributed by atoms with Crippen LogP contribution in [0.25, 0.3) is 0 Å². The normalized spacial score (nSPS) is 15.0. The summed E-state index contributed by atoms with van der Waals surface area (Å²) in [7, 11) is 0. The van der Waals surface area contributed by atoms with Gasteiger partial charge in [-0.1, -0.05) is 40.5 Å². The molecule has 15 heavy (non-hydrogen) atoms. The van der Waals surface area contributed by atoms with Crippen LogP contribution in [-0.2, 0) is 0 Å². The van der Waals surface area contributed by atoms with E-state index in [1.165, 1.54) is 0 Å². The van der Waals surface area contributed by atoms with Gasteiger partial charge in [0.15, 0.2) is 0 Å². The SMILES string of the molecule is CC(C)CCCC(NC(C)C)C(F)(F)F. The topological polar surface area (TPSA) is 12.0 Å². The molecule has 0 aromatic rings. The van der Waals surface area contributed by atoms with Gasteiger partial charge in [0.05, 0.1) is 0 Å². The Morgan fingerprint density at radius 2 is 1.53 bits per heavy atom.